The van der Waals surface area contributed by atoms with Gasteiger partial charge >= 0.3 is 5.97 Å². The number of halogens is 1. The van der Waals surface area contributed by atoms with Gasteiger partial charge in [-0.1, -0.05) is 35.0 Å². The molecule has 1 aromatic carbocycles. The highest BCUT2D eigenvalue weighted by Gasteiger charge is 2.43. The minimum atomic E-state index is -0.626. The van der Waals surface area contributed by atoms with Crippen LogP contribution in [0.2, 0.25) is 0 Å². The molecular formula is C14H17BrO2. The quantitative estimate of drug-likeness (QED) is 0.890. The number of carboxylic acids is 1. The summed E-state index contributed by atoms with van der Waals surface area (Å²) < 4.78 is 1.10. The molecule has 0 bridgehead atoms. The van der Waals surface area contributed by atoms with Crippen molar-refractivity contribution in [2.24, 2.45) is 11.8 Å². The lowest BCUT2D eigenvalue weighted by molar-refractivity contribution is -0.138. The molecule has 0 heterocycles. The molecule has 2 rings (SSSR count). The Bertz CT molecular complexity index is 416. The summed E-state index contributed by atoms with van der Waals surface area (Å²) in [5, 5.41) is 8.92. The second-order valence-corrected chi connectivity index (χ2v) is 5.75. The summed E-state index contributed by atoms with van der Waals surface area (Å²) in [6.07, 6.45) is 2.93. The first-order chi connectivity index (χ1) is 8.11. The first kappa shape index (κ1) is 12.6. The normalized spacial score (nSPS) is 24.4. The van der Waals surface area contributed by atoms with Crippen molar-refractivity contribution in [1.82, 2.24) is 0 Å². The van der Waals surface area contributed by atoms with E-state index in [1.807, 2.05) is 12.1 Å². The van der Waals surface area contributed by atoms with Crippen LogP contribution in [0, 0.1) is 11.8 Å². The average molecular weight is 297 g/mol. The molecule has 2 nitrogen and oxygen atoms in total. The number of benzene rings is 1. The molecule has 0 aromatic heterocycles. The van der Waals surface area contributed by atoms with E-state index in [2.05, 4.69) is 35.0 Å². The number of aliphatic carboxylic acids is 1. The number of hydrogen-bond acceptors (Lipinski definition) is 1. The van der Waals surface area contributed by atoms with Gasteiger partial charge in [-0.2, -0.15) is 0 Å². The Hall–Kier alpha value is -0.830. The lowest BCUT2D eigenvalue weighted by Crippen LogP contribution is -2.04. The van der Waals surface area contributed by atoms with Crippen molar-refractivity contribution in [3.63, 3.8) is 0 Å². The van der Waals surface area contributed by atoms with Crippen molar-refractivity contribution in [3.05, 3.63) is 34.3 Å². The maximum atomic E-state index is 10.8. The Labute approximate surface area is 110 Å². The van der Waals surface area contributed by atoms with Crippen LogP contribution in [0.15, 0.2) is 28.7 Å². The van der Waals surface area contributed by atoms with E-state index in [1.165, 1.54) is 5.56 Å². The van der Waals surface area contributed by atoms with Crippen LogP contribution >= 0.6 is 15.9 Å². The maximum Gasteiger partial charge on any atom is 0.306 e. The van der Waals surface area contributed by atoms with E-state index in [0.717, 1.165) is 23.7 Å². The molecule has 3 heteroatoms. The Balaban J connectivity index is 2.00. The third kappa shape index (κ3) is 3.09. The van der Waals surface area contributed by atoms with Gasteiger partial charge in [0.05, 0.1) is 5.92 Å². The Kier molecular flexibility index (Phi) is 3.87. The summed E-state index contributed by atoms with van der Waals surface area (Å²) in [4.78, 5) is 10.8. The van der Waals surface area contributed by atoms with Gasteiger partial charge in [-0.15, -0.1) is 0 Å². The molecule has 0 radical (unpaired) electrons. The van der Waals surface area contributed by atoms with Crippen LogP contribution in [-0.2, 0) is 4.79 Å². The lowest BCUT2D eigenvalue weighted by atomic mass is 9.91. The molecule has 0 spiro atoms. The van der Waals surface area contributed by atoms with E-state index < -0.39 is 5.97 Å². The van der Waals surface area contributed by atoms with Gasteiger partial charge in [0, 0.05) is 4.47 Å². The van der Waals surface area contributed by atoms with Gasteiger partial charge in [-0.05, 0) is 48.8 Å². The maximum absolute atomic E-state index is 10.8. The van der Waals surface area contributed by atoms with Crippen LogP contribution in [0.5, 0.6) is 0 Å². The standard InChI is InChI=1S/C14H17BrO2/c1-2-9(6-11-8-13(11)14(16)17)10-4-3-5-12(15)7-10/h3-5,7,9,11,13H,2,6,8H2,1H3,(H,16,17). The number of hydrogen-bond donors (Lipinski definition) is 1. The minimum absolute atomic E-state index is 0.0868. The van der Waals surface area contributed by atoms with Crippen LogP contribution in [-0.4, -0.2) is 11.1 Å². The van der Waals surface area contributed by atoms with Crippen LogP contribution in [0.3, 0.4) is 0 Å². The fourth-order valence-electron chi connectivity index (χ4n) is 2.47. The predicted molar refractivity (Wildman–Crippen MR) is 71.0 cm³/mol. The molecule has 17 heavy (non-hydrogen) atoms. The number of carbonyl (C=O) groups is 1. The zero-order valence-electron chi connectivity index (χ0n) is 9.90. The van der Waals surface area contributed by atoms with Gasteiger partial charge in [0.25, 0.3) is 0 Å². The monoisotopic (exact) mass is 296 g/mol. The molecule has 3 unspecified atom stereocenters. The van der Waals surface area contributed by atoms with Crippen molar-refractivity contribution in [2.75, 3.05) is 0 Å². The largest absolute Gasteiger partial charge is 0.481 e. The predicted octanol–water partition coefficient (Wildman–Crippen LogP) is 4.05. The van der Waals surface area contributed by atoms with E-state index in [9.17, 15) is 4.79 Å². The summed E-state index contributed by atoms with van der Waals surface area (Å²) >= 11 is 3.48. The first-order valence-corrected chi connectivity index (χ1v) is 6.89. The second kappa shape index (κ2) is 5.21. The van der Waals surface area contributed by atoms with Crippen molar-refractivity contribution < 1.29 is 9.90 Å². The summed E-state index contributed by atoms with van der Waals surface area (Å²) in [6, 6.07) is 8.35. The van der Waals surface area contributed by atoms with Crippen LogP contribution in [0.25, 0.3) is 0 Å². The highest BCUT2D eigenvalue weighted by Crippen LogP contribution is 2.46. The van der Waals surface area contributed by atoms with Gasteiger partial charge in [0.1, 0.15) is 0 Å². The molecule has 1 saturated carbocycles. The summed E-state index contributed by atoms with van der Waals surface area (Å²) in [6.45, 7) is 2.17. The SMILES string of the molecule is CCC(CC1CC1C(=O)O)c1cccc(Br)c1. The van der Waals surface area contributed by atoms with E-state index >= 15 is 0 Å². The summed E-state index contributed by atoms with van der Waals surface area (Å²) in [5.41, 5.74) is 1.32. The molecule has 1 aromatic rings. The van der Waals surface area contributed by atoms with E-state index in [4.69, 9.17) is 5.11 Å². The highest BCUT2D eigenvalue weighted by molar-refractivity contribution is 9.10. The molecular weight excluding hydrogens is 280 g/mol. The Morgan fingerprint density at radius 2 is 2.35 bits per heavy atom. The molecule has 1 aliphatic carbocycles. The van der Waals surface area contributed by atoms with Crippen molar-refractivity contribution in [2.45, 2.75) is 32.1 Å². The van der Waals surface area contributed by atoms with Crippen molar-refractivity contribution >= 4 is 21.9 Å². The zero-order valence-corrected chi connectivity index (χ0v) is 11.5. The number of carboxylic acid groups (broad SMARTS) is 1. The van der Waals surface area contributed by atoms with Crippen molar-refractivity contribution in [1.29, 1.82) is 0 Å². The Morgan fingerprint density at radius 1 is 1.59 bits per heavy atom. The fourth-order valence-corrected chi connectivity index (χ4v) is 2.89. The molecule has 1 fully saturated rings. The first-order valence-electron chi connectivity index (χ1n) is 6.10. The highest BCUT2D eigenvalue weighted by atomic mass is 79.9. The molecule has 0 amide bonds. The van der Waals surface area contributed by atoms with Gasteiger partial charge < -0.3 is 5.11 Å². The molecule has 0 saturated heterocycles. The number of rotatable bonds is 5. The van der Waals surface area contributed by atoms with Gasteiger partial charge in [-0.25, -0.2) is 0 Å². The van der Waals surface area contributed by atoms with Crippen LogP contribution < -0.4 is 0 Å². The second-order valence-electron chi connectivity index (χ2n) is 4.84. The van der Waals surface area contributed by atoms with Crippen LogP contribution in [0.1, 0.15) is 37.7 Å². The molecule has 1 aliphatic rings. The lowest BCUT2D eigenvalue weighted by Gasteiger charge is -2.15. The summed E-state index contributed by atoms with van der Waals surface area (Å²) in [5.74, 6) is 0.161. The molecule has 1 N–H and O–H groups in total. The third-order valence-corrected chi connectivity index (χ3v) is 4.13. The van der Waals surface area contributed by atoms with Crippen LogP contribution in [0.4, 0.5) is 0 Å². The van der Waals surface area contributed by atoms with Gasteiger partial charge in [-0.3, -0.25) is 4.79 Å². The van der Waals surface area contributed by atoms with Gasteiger partial charge in [0.2, 0.25) is 0 Å². The smallest absolute Gasteiger partial charge is 0.306 e. The van der Waals surface area contributed by atoms with Crippen molar-refractivity contribution in [3.8, 4) is 0 Å². The van der Waals surface area contributed by atoms with Gasteiger partial charge in [0.15, 0.2) is 0 Å². The molecule has 0 aliphatic heterocycles. The molecule has 3 atom stereocenters. The van der Waals surface area contributed by atoms with E-state index in [0.29, 0.717) is 11.8 Å². The zero-order chi connectivity index (χ0) is 12.4. The minimum Gasteiger partial charge on any atom is -0.481 e. The summed E-state index contributed by atoms with van der Waals surface area (Å²) in [7, 11) is 0. The molecule has 92 valence electrons. The topological polar surface area (TPSA) is 37.3 Å². The van der Waals surface area contributed by atoms with E-state index in [1.54, 1.807) is 0 Å². The third-order valence-electron chi connectivity index (χ3n) is 3.64. The van der Waals surface area contributed by atoms with E-state index in [-0.39, 0.29) is 5.92 Å². The fraction of sp³-hybridized carbons (Fsp3) is 0.500. The average Bonchev–Trinajstić information content (AvgIpc) is 3.05. The Morgan fingerprint density at radius 3 is 2.88 bits per heavy atom.